The molecule has 0 atom stereocenters. The number of nitrogens with zero attached hydrogens (tertiary/aromatic N) is 1. The van der Waals surface area contributed by atoms with Crippen molar-refractivity contribution in [2.24, 2.45) is 0 Å². The van der Waals surface area contributed by atoms with E-state index in [4.69, 9.17) is 17.3 Å². The number of hydrogen-bond acceptors (Lipinski definition) is 4. The second kappa shape index (κ2) is 6.17. The van der Waals surface area contributed by atoms with Crippen molar-refractivity contribution in [3.63, 3.8) is 0 Å². The predicted molar refractivity (Wildman–Crippen MR) is 65.4 cm³/mol. The number of halogens is 1. The molecule has 0 saturated heterocycles. The molecule has 1 aromatic heterocycles. The third-order valence-corrected chi connectivity index (χ3v) is 2.12. The second-order valence-electron chi connectivity index (χ2n) is 3.20. The summed E-state index contributed by atoms with van der Waals surface area (Å²) < 4.78 is 0. The second-order valence-corrected chi connectivity index (χ2v) is 3.59. The molecule has 0 bridgehead atoms. The summed E-state index contributed by atoms with van der Waals surface area (Å²) in [6.07, 6.45) is 0.376. The number of aromatic nitrogens is 1. The van der Waals surface area contributed by atoms with Crippen LogP contribution >= 0.6 is 11.6 Å². The summed E-state index contributed by atoms with van der Waals surface area (Å²) in [5.74, 6) is 0.507. The van der Waals surface area contributed by atoms with Crippen LogP contribution in [0.1, 0.15) is 13.3 Å². The fourth-order valence-corrected chi connectivity index (χ4v) is 1.32. The topological polar surface area (TPSA) is 80.0 Å². The van der Waals surface area contributed by atoms with E-state index in [2.05, 4.69) is 15.6 Å². The van der Waals surface area contributed by atoms with E-state index in [0.29, 0.717) is 36.2 Å². The van der Waals surface area contributed by atoms with Crippen LogP contribution in [-0.4, -0.2) is 24.0 Å². The highest BCUT2D eigenvalue weighted by Crippen LogP contribution is 2.17. The number of rotatable bonds is 5. The molecule has 1 heterocycles. The van der Waals surface area contributed by atoms with Crippen molar-refractivity contribution < 1.29 is 4.79 Å². The maximum Gasteiger partial charge on any atom is 0.221 e. The fraction of sp³-hybridized carbons (Fsp3) is 0.400. The van der Waals surface area contributed by atoms with Crippen LogP contribution in [-0.2, 0) is 4.79 Å². The highest BCUT2D eigenvalue weighted by atomic mass is 35.5. The van der Waals surface area contributed by atoms with Crippen LogP contribution in [0, 0.1) is 0 Å². The van der Waals surface area contributed by atoms with E-state index in [-0.39, 0.29) is 5.91 Å². The number of carbonyl (C=O) groups excluding carboxylic acids is 1. The third-order valence-electron chi connectivity index (χ3n) is 1.91. The minimum atomic E-state index is -0.00407. The number of nitrogens with one attached hydrogen (secondary N) is 2. The molecule has 0 aliphatic heterocycles. The van der Waals surface area contributed by atoms with Gasteiger partial charge in [-0.2, -0.15) is 0 Å². The molecule has 1 amide bonds. The SMILES string of the molecule is CCNC(=O)CCNc1nc(Cl)ccc1N. The Bertz CT molecular complexity index is 370. The van der Waals surface area contributed by atoms with Crippen LogP contribution < -0.4 is 16.4 Å². The Hall–Kier alpha value is -1.49. The molecule has 0 unspecified atom stereocenters. The summed E-state index contributed by atoms with van der Waals surface area (Å²) in [4.78, 5) is 15.2. The van der Waals surface area contributed by atoms with E-state index >= 15 is 0 Å². The van der Waals surface area contributed by atoms with Gasteiger partial charge in [-0.25, -0.2) is 4.98 Å². The molecular formula is C10H15ClN4O. The molecule has 6 heteroatoms. The standard InChI is InChI=1S/C10H15ClN4O/c1-2-13-9(16)5-6-14-10-7(12)3-4-8(11)15-10/h3-4H,2,5-6,12H2,1H3,(H,13,16)(H,14,15). The molecule has 1 rings (SSSR count). The van der Waals surface area contributed by atoms with Crippen LogP contribution in [0.15, 0.2) is 12.1 Å². The summed E-state index contributed by atoms with van der Waals surface area (Å²) >= 11 is 5.72. The zero-order valence-electron chi connectivity index (χ0n) is 9.09. The molecule has 0 fully saturated rings. The molecule has 0 aliphatic carbocycles. The minimum absolute atomic E-state index is 0.00407. The van der Waals surface area contributed by atoms with E-state index in [0.717, 1.165) is 0 Å². The number of amides is 1. The molecule has 16 heavy (non-hydrogen) atoms. The summed E-state index contributed by atoms with van der Waals surface area (Å²) in [5.41, 5.74) is 6.19. The van der Waals surface area contributed by atoms with Crippen molar-refractivity contribution in [3.05, 3.63) is 17.3 Å². The quantitative estimate of drug-likeness (QED) is 0.679. The molecule has 0 saturated carbocycles. The van der Waals surface area contributed by atoms with Gasteiger partial charge in [-0.3, -0.25) is 4.79 Å². The lowest BCUT2D eigenvalue weighted by Crippen LogP contribution is -2.25. The lowest BCUT2D eigenvalue weighted by atomic mass is 10.3. The predicted octanol–water partition coefficient (Wildman–Crippen LogP) is 1.26. The first-order valence-electron chi connectivity index (χ1n) is 5.06. The smallest absolute Gasteiger partial charge is 0.221 e. The summed E-state index contributed by atoms with van der Waals surface area (Å²) in [6, 6.07) is 3.29. The third kappa shape index (κ3) is 3.94. The lowest BCUT2D eigenvalue weighted by molar-refractivity contribution is -0.120. The Balaban J connectivity index is 2.42. The van der Waals surface area contributed by atoms with Crippen LogP contribution in [0.2, 0.25) is 5.15 Å². The van der Waals surface area contributed by atoms with Gasteiger partial charge in [-0.1, -0.05) is 11.6 Å². The Morgan fingerprint density at radius 2 is 2.31 bits per heavy atom. The Labute approximate surface area is 99.4 Å². The van der Waals surface area contributed by atoms with Crippen molar-refractivity contribution in [1.29, 1.82) is 0 Å². The van der Waals surface area contributed by atoms with Gasteiger partial charge in [0.25, 0.3) is 0 Å². The monoisotopic (exact) mass is 242 g/mol. The van der Waals surface area contributed by atoms with Crippen molar-refractivity contribution in [2.75, 3.05) is 24.1 Å². The van der Waals surface area contributed by atoms with Gasteiger partial charge in [-0.15, -0.1) is 0 Å². The van der Waals surface area contributed by atoms with Crippen LogP contribution in [0.5, 0.6) is 0 Å². The van der Waals surface area contributed by atoms with E-state index in [1.165, 1.54) is 0 Å². The van der Waals surface area contributed by atoms with E-state index in [1.807, 2.05) is 6.92 Å². The first kappa shape index (κ1) is 12.6. The average Bonchev–Trinajstić information content (AvgIpc) is 2.23. The van der Waals surface area contributed by atoms with Crippen LogP contribution in [0.4, 0.5) is 11.5 Å². The number of anilines is 2. The van der Waals surface area contributed by atoms with Gasteiger partial charge in [0.2, 0.25) is 5.91 Å². The van der Waals surface area contributed by atoms with E-state index in [9.17, 15) is 4.79 Å². The Morgan fingerprint density at radius 1 is 1.56 bits per heavy atom. The minimum Gasteiger partial charge on any atom is -0.396 e. The normalized spacial score (nSPS) is 9.88. The van der Waals surface area contributed by atoms with Gasteiger partial charge in [-0.05, 0) is 19.1 Å². The van der Waals surface area contributed by atoms with Gasteiger partial charge >= 0.3 is 0 Å². The van der Waals surface area contributed by atoms with E-state index in [1.54, 1.807) is 12.1 Å². The van der Waals surface area contributed by atoms with Crippen molar-refractivity contribution >= 4 is 29.0 Å². The molecule has 0 aliphatic rings. The van der Waals surface area contributed by atoms with Gasteiger partial charge < -0.3 is 16.4 Å². The zero-order valence-corrected chi connectivity index (χ0v) is 9.84. The lowest BCUT2D eigenvalue weighted by Gasteiger charge is -2.08. The average molecular weight is 243 g/mol. The summed E-state index contributed by atoms with van der Waals surface area (Å²) in [5, 5.41) is 6.03. The first-order valence-corrected chi connectivity index (χ1v) is 5.44. The van der Waals surface area contributed by atoms with Gasteiger partial charge in [0, 0.05) is 19.5 Å². The number of nitrogen functional groups attached to an aromatic ring is 1. The van der Waals surface area contributed by atoms with Crippen LogP contribution in [0.25, 0.3) is 0 Å². The molecule has 5 nitrogen and oxygen atoms in total. The largest absolute Gasteiger partial charge is 0.396 e. The maximum absolute atomic E-state index is 11.2. The molecule has 88 valence electrons. The Kier molecular flexibility index (Phi) is 4.85. The molecule has 0 aromatic carbocycles. The van der Waals surface area contributed by atoms with Crippen molar-refractivity contribution in [2.45, 2.75) is 13.3 Å². The fourth-order valence-electron chi connectivity index (χ4n) is 1.17. The van der Waals surface area contributed by atoms with Crippen molar-refractivity contribution in [3.8, 4) is 0 Å². The Morgan fingerprint density at radius 3 is 3.00 bits per heavy atom. The number of pyridine rings is 1. The first-order chi connectivity index (χ1) is 7.63. The molecular weight excluding hydrogens is 228 g/mol. The number of hydrogen-bond donors (Lipinski definition) is 3. The van der Waals surface area contributed by atoms with Gasteiger partial charge in [0.05, 0.1) is 5.69 Å². The highest BCUT2D eigenvalue weighted by Gasteiger charge is 2.03. The number of carbonyl (C=O) groups is 1. The van der Waals surface area contributed by atoms with Crippen LogP contribution in [0.3, 0.4) is 0 Å². The molecule has 4 N–H and O–H groups in total. The molecule has 0 radical (unpaired) electrons. The molecule has 1 aromatic rings. The van der Waals surface area contributed by atoms with Crippen molar-refractivity contribution in [1.82, 2.24) is 10.3 Å². The summed E-state index contributed by atoms with van der Waals surface area (Å²) in [6.45, 7) is 2.99. The number of nitrogens with two attached hydrogens (primary N) is 1. The van der Waals surface area contributed by atoms with E-state index < -0.39 is 0 Å². The summed E-state index contributed by atoms with van der Waals surface area (Å²) in [7, 11) is 0. The maximum atomic E-state index is 11.2. The highest BCUT2D eigenvalue weighted by molar-refractivity contribution is 6.29. The van der Waals surface area contributed by atoms with Gasteiger partial charge in [0.15, 0.2) is 5.82 Å². The zero-order chi connectivity index (χ0) is 12.0. The molecule has 0 spiro atoms. The van der Waals surface area contributed by atoms with Gasteiger partial charge in [0.1, 0.15) is 5.15 Å².